The lowest BCUT2D eigenvalue weighted by molar-refractivity contribution is 0.358. The predicted octanol–water partition coefficient (Wildman–Crippen LogP) is 3.95. The van der Waals surface area contributed by atoms with Crippen molar-refractivity contribution in [3.63, 3.8) is 0 Å². The van der Waals surface area contributed by atoms with Gasteiger partial charge in [0.25, 0.3) is 0 Å². The number of phenols is 1. The molecule has 0 aliphatic heterocycles. The number of phenolic OH excluding ortho intramolecular Hbond substituents is 1. The quantitative estimate of drug-likeness (QED) is 0.867. The molecule has 0 spiro atoms. The molecule has 1 aromatic carbocycles. The fourth-order valence-corrected chi connectivity index (χ4v) is 1.61. The van der Waals surface area contributed by atoms with Crippen LogP contribution in [0.3, 0.4) is 0 Å². The Morgan fingerprint density at radius 2 is 1.88 bits per heavy atom. The second kappa shape index (κ2) is 6.50. The van der Waals surface area contributed by atoms with Gasteiger partial charge in [-0.2, -0.15) is 4.39 Å². The van der Waals surface area contributed by atoms with Gasteiger partial charge in [-0.05, 0) is 36.1 Å². The molecule has 17 heavy (non-hydrogen) atoms. The summed E-state index contributed by atoms with van der Waals surface area (Å²) < 4.78 is 17.6. The molecule has 1 rings (SSSR count). The first kappa shape index (κ1) is 13.8. The topological polar surface area (TPSA) is 29.5 Å². The lowest BCUT2D eigenvalue weighted by atomic mass is 10.0. The molecule has 0 unspecified atom stereocenters. The molecular formula is C13H16ClFO2. The largest absolute Gasteiger partial charge is 0.507 e. The highest BCUT2D eigenvalue weighted by Gasteiger charge is 2.08. The minimum Gasteiger partial charge on any atom is -0.507 e. The number of aryl methyl sites for hydroxylation is 2. The number of ether oxygens (including phenoxy) is 1. The van der Waals surface area contributed by atoms with E-state index in [2.05, 4.69) is 0 Å². The van der Waals surface area contributed by atoms with Gasteiger partial charge in [-0.1, -0.05) is 25.4 Å². The monoisotopic (exact) mass is 258 g/mol. The van der Waals surface area contributed by atoms with Crippen molar-refractivity contribution < 1.29 is 14.2 Å². The van der Waals surface area contributed by atoms with E-state index >= 15 is 0 Å². The van der Waals surface area contributed by atoms with E-state index in [0.717, 1.165) is 30.0 Å². The van der Waals surface area contributed by atoms with Crippen LogP contribution in [0.15, 0.2) is 23.5 Å². The molecular weight excluding hydrogens is 243 g/mol. The summed E-state index contributed by atoms with van der Waals surface area (Å²) in [6.45, 7) is 3.99. The number of hydrogen-bond acceptors (Lipinski definition) is 2. The van der Waals surface area contributed by atoms with E-state index in [-0.39, 0.29) is 6.61 Å². The zero-order chi connectivity index (χ0) is 12.8. The standard InChI is InChI=1S/C13H16ClFO2/c1-3-9-7-11(17-6-5-12(14)15)8-10(4-2)13(9)16/h5,7-8,16H,3-4,6H2,1-2H3. The van der Waals surface area contributed by atoms with Crippen molar-refractivity contribution in [1.82, 2.24) is 0 Å². The van der Waals surface area contributed by atoms with Crippen molar-refractivity contribution in [2.24, 2.45) is 0 Å². The van der Waals surface area contributed by atoms with Crippen molar-refractivity contribution in [1.29, 1.82) is 0 Å². The van der Waals surface area contributed by atoms with Crippen LogP contribution >= 0.6 is 11.6 Å². The molecule has 0 aromatic heterocycles. The summed E-state index contributed by atoms with van der Waals surface area (Å²) >= 11 is 5.06. The summed E-state index contributed by atoms with van der Waals surface area (Å²) in [5.41, 5.74) is 1.66. The first-order valence-corrected chi connectivity index (χ1v) is 5.95. The number of hydrogen-bond donors (Lipinski definition) is 1. The first-order valence-electron chi connectivity index (χ1n) is 5.57. The highest BCUT2D eigenvalue weighted by Crippen LogP contribution is 2.29. The van der Waals surface area contributed by atoms with Gasteiger partial charge in [0.2, 0.25) is 0 Å². The van der Waals surface area contributed by atoms with Crippen LogP contribution in [0.25, 0.3) is 0 Å². The summed E-state index contributed by atoms with van der Waals surface area (Å²) in [5.74, 6) is 0.937. The van der Waals surface area contributed by atoms with Gasteiger partial charge in [0.05, 0.1) is 0 Å². The molecule has 4 heteroatoms. The van der Waals surface area contributed by atoms with Crippen LogP contribution in [0.4, 0.5) is 4.39 Å². The summed E-state index contributed by atoms with van der Waals surface area (Å²) in [6.07, 6.45) is 2.58. The Morgan fingerprint density at radius 3 is 2.29 bits per heavy atom. The highest BCUT2D eigenvalue weighted by molar-refractivity contribution is 6.28. The van der Waals surface area contributed by atoms with Gasteiger partial charge in [-0.15, -0.1) is 0 Å². The minimum absolute atomic E-state index is 0.0758. The van der Waals surface area contributed by atoms with Crippen molar-refractivity contribution in [3.05, 3.63) is 34.6 Å². The Morgan fingerprint density at radius 1 is 1.35 bits per heavy atom. The maximum atomic E-state index is 12.3. The fraction of sp³-hybridized carbons (Fsp3) is 0.385. The summed E-state index contributed by atoms with van der Waals surface area (Å²) in [6, 6.07) is 3.52. The Hall–Kier alpha value is -1.22. The van der Waals surface area contributed by atoms with Gasteiger partial charge >= 0.3 is 0 Å². The molecule has 1 aromatic rings. The molecule has 0 atom stereocenters. The van der Waals surface area contributed by atoms with Crippen LogP contribution in [-0.2, 0) is 12.8 Å². The van der Waals surface area contributed by atoms with Crippen LogP contribution in [-0.4, -0.2) is 11.7 Å². The van der Waals surface area contributed by atoms with E-state index in [1.165, 1.54) is 0 Å². The smallest absolute Gasteiger partial charge is 0.188 e. The molecule has 0 fully saturated rings. The number of aromatic hydroxyl groups is 1. The Balaban J connectivity index is 2.89. The fourth-order valence-electron chi connectivity index (χ4n) is 1.55. The van der Waals surface area contributed by atoms with Gasteiger partial charge in [-0.25, -0.2) is 0 Å². The highest BCUT2D eigenvalue weighted by atomic mass is 35.5. The van der Waals surface area contributed by atoms with Crippen LogP contribution in [0.5, 0.6) is 11.5 Å². The molecule has 0 radical (unpaired) electrons. The summed E-state index contributed by atoms with van der Waals surface area (Å²) in [5, 5.41) is 9.10. The van der Waals surface area contributed by atoms with Crippen LogP contribution in [0.1, 0.15) is 25.0 Å². The van der Waals surface area contributed by atoms with E-state index in [4.69, 9.17) is 16.3 Å². The SMILES string of the molecule is CCc1cc(OCC=C(F)Cl)cc(CC)c1O. The maximum absolute atomic E-state index is 12.3. The van der Waals surface area contributed by atoms with Gasteiger partial charge in [0, 0.05) is 6.08 Å². The molecule has 94 valence electrons. The van der Waals surface area contributed by atoms with Crippen LogP contribution < -0.4 is 4.74 Å². The van der Waals surface area contributed by atoms with Gasteiger partial charge in [-0.3, -0.25) is 0 Å². The van der Waals surface area contributed by atoms with Crippen LogP contribution in [0.2, 0.25) is 0 Å². The number of halogens is 2. The van der Waals surface area contributed by atoms with E-state index < -0.39 is 5.29 Å². The van der Waals surface area contributed by atoms with Gasteiger partial charge in [0.1, 0.15) is 18.1 Å². The average Bonchev–Trinajstić information content (AvgIpc) is 2.30. The Kier molecular flexibility index (Phi) is 5.29. The molecule has 0 saturated heterocycles. The molecule has 1 N–H and O–H groups in total. The molecule has 0 saturated carbocycles. The molecule has 0 bridgehead atoms. The summed E-state index contributed by atoms with van der Waals surface area (Å²) in [4.78, 5) is 0. The van der Waals surface area contributed by atoms with Crippen molar-refractivity contribution >= 4 is 11.6 Å². The second-order valence-electron chi connectivity index (χ2n) is 3.60. The van der Waals surface area contributed by atoms with E-state index in [9.17, 15) is 9.50 Å². The number of rotatable bonds is 5. The average molecular weight is 259 g/mol. The lowest BCUT2D eigenvalue weighted by Crippen LogP contribution is -1.97. The van der Waals surface area contributed by atoms with E-state index in [1.807, 2.05) is 13.8 Å². The molecule has 0 heterocycles. The van der Waals surface area contributed by atoms with Crippen molar-refractivity contribution in [2.75, 3.05) is 6.61 Å². The maximum Gasteiger partial charge on any atom is 0.188 e. The number of benzene rings is 1. The van der Waals surface area contributed by atoms with Gasteiger partial charge in [0.15, 0.2) is 5.29 Å². The molecule has 0 aliphatic carbocycles. The predicted molar refractivity (Wildman–Crippen MR) is 67.4 cm³/mol. The Bertz CT molecular complexity index is 387. The van der Waals surface area contributed by atoms with E-state index in [0.29, 0.717) is 11.5 Å². The third-order valence-electron chi connectivity index (χ3n) is 2.49. The molecule has 0 amide bonds. The third kappa shape index (κ3) is 3.93. The minimum atomic E-state index is -0.782. The van der Waals surface area contributed by atoms with Crippen molar-refractivity contribution in [2.45, 2.75) is 26.7 Å². The Labute approximate surface area is 106 Å². The first-order chi connectivity index (χ1) is 8.08. The van der Waals surface area contributed by atoms with Crippen molar-refractivity contribution in [3.8, 4) is 11.5 Å². The second-order valence-corrected chi connectivity index (χ2v) is 3.96. The van der Waals surface area contributed by atoms with Crippen LogP contribution in [0, 0.1) is 0 Å². The zero-order valence-corrected chi connectivity index (χ0v) is 10.7. The van der Waals surface area contributed by atoms with E-state index in [1.54, 1.807) is 12.1 Å². The lowest BCUT2D eigenvalue weighted by Gasteiger charge is -2.11. The summed E-state index contributed by atoms with van der Waals surface area (Å²) in [7, 11) is 0. The third-order valence-corrected chi connectivity index (χ3v) is 2.65. The normalized spacial score (nSPS) is 11.6. The molecule has 2 nitrogen and oxygen atoms in total. The molecule has 0 aliphatic rings. The van der Waals surface area contributed by atoms with Gasteiger partial charge < -0.3 is 9.84 Å². The zero-order valence-electron chi connectivity index (χ0n) is 9.96.